The minimum atomic E-state index is -0.742. The van der Waals surface area contributed by atoms with Gasteiger partial charge in [0.25, 0.3) is 5.91 Å². The summed E-state index contributed by atoms with van der Waals surface area (Å²) < 4.78 is 8.22. The molecule has 0 aliphatic rings. The number of ether oxygens (including phenoxy) is 1. The summed E-state index contributed by atoms with van der Waals surface area (Å²) in [5.74, 6) is -0.451. The van der Waals surface area contributed by atoms with Crippen LogP contribution in [0.15, 0.2) is 59.6 Å². The summed E-state index contributed by atoms with van der Waals surface area (Å²) in [6.45, 7) is 4.04. The Morgan fingerprint density at radius 2 is 1.83 bits per heavy atom. The molecule has 1 heterocycles. The molecular weight excluding hydrogens is 386 g/mol. The van der Waals surface area contributed by atoms with Crippen molar-refractivity contribution in [3.63, 3.8) is 0 Å². The number of thiazole rings is 1. The number of hydrogen-bond donors (Lipinski definition) is 1. The van der Waals surface area contributed by atoms with Gasteiger partial charge in [-0.05, 0) is 23.6 Å². The predicted molar refractivity (Wildman–Crippen MR) is 114 cm³/mol. The minimum absolute atomic E-state index is 0.0739. The molecule has 7 heteroatoms. The highest BCUT2D eigenvalue weighted by Gasteiger charge is 2.26. The van der Waals surface area contributed by atoms with Gasteiger partial charge in [0.1, 0.15) is 12.6 Å². The normalized spacial score (nSPS) is 13.8. The highest BCUT2D eigenvalue weighted by Crippen LogP contribution is 2.16. The quantitative estimate of drug-likeness (QED) is 0.666. The third-order valence-electron chi connectivity index (χ3n) is 4.89. The van der Waals surface area contributed by atoms with Crippen LogP contribution in [-0.2, 0) is 23.2 Å². The molecular formula is C22H25N3O3S. The van der Waals surface area contributed by atoms with Crippen molar-refractivity contribution >= 4 is 33.6 Å². The third-order valence-corrected chi connectivity index (χ3v) is 6.00. The average molecular weight is 412 g/mol. The molecule has 0 aliphatic carbocycles. The zero-order valence-corrected chi connectivity index (χ0v) is 17.6. The molecule has 0 bridgehead atoms. The van der Waals surface area contributed by atoms with Crippen LogP contribution in [0.5, 0.6) is 0 Å². The fourth-order valence-corrected chi connectivity index (χ4v) is 3.95. The number of nitrogens with one attached hydrogen (secondary N) is 1. The number of amides is 2. The van der Waals surface area contributed by atoms with Gasteiger partial charge in [0, 0.05) is 7.05 Å². The van der Waals surface area contributed by atoms with E-state index in [1.807, 2.05) is 80.1 Å². The minimum Gasteiger partial charge on any atom is -0.445 e. The summed E-state index contributed by atoms with van der Waals surface area (Å²) in [5.41, 5.74) is 1.90. The number of alkyl carbamates (subject to hydrolysis) is 1. The second-order valence-corrected chi connectivity index (χ2v) is 7.94. The predicted octanol–water partition coefficient (Wildman–Crippen LogP) is 4.01. The zero-order chi connectivity index (χ0) is 20.8. The second kappa shape index (κ2) is 9.52. The van der Waals surface area contributed by atoms with Crippen LogP contribution in [0, 0.1) is 5.92 Å². The number of carbonyl (C=O) groups excluding carboxylic acids is 2. The van der Waals surface area contributed by atoms with E-state index in [4.69, 9.17) is 4.74 Å². The second-order valence-electron chi connectivity index (χ2n) is 6.93. The summed E-state index contributed by atoms with van der Waals surface area (Å²) in [4.78, 5) is 30.1. The first kappa shape index (κ1) is 20.8. The summed E-state index contributed by atoms with van der Waals surface area (Å²) >= 11 is 1.45. The average Bonchev–Trinajstić information content (AvgIpc) is 3.06. The van der Waals surface area contributed by atoms with Crippen LogP contribution >= 0.6 is 11.3 Å². The van der Waals surface area contributed by atoms with Crippen molar-refractivity contribution < 1.29 is 14.3 Å². The summed E-state index contributed by atoms with van der Waals surface area (Å²) in [6, 6.07) is 16.6. The van der Waals surface area contributed by atoms with Gasteiger partial charge < -0.3 is 14.6 Å². The molecule has 3 rings (SSSR count). The van der Waals surface area contributed by atoms with Gasteiger partial charge in [0.15, 0.2) is 4.80 Å². The lowest BCUT2D eigenvalue weighted by atomic mass is 9.99. The Bertz CT molecular complexity index is 1060. The number of para-hydroxylation sites is 1. The molecule has 0 unspecified atom stereocenters. The molecule has 1 N–H and O–H groups in total. The van der Waals surface area contributed by atoms with Gasteiger partial charge >= 0.3 is 6.09 Å². The Labute approximate surface area is 173 Å². The van der Waals surface area contributed by atoms with Crippen molar-refractivity contribution in [2.24, 2.45) is 18.0 Å². The van der Waals surface area contributed by atoms with E-state index >= 15 is 0 Å². The Balaban J connectivity index is 1.76. The first-order valence-electron chi connectivity index (χ1n) is 9.60. The van der Waals surface area contributed by atoms with Gasteiger partial charge in [-0.1, -0.05) is 74.1 Å². The third kappa shape index (κ3) is 5.12. The van der Waals surface area contributed by atoms with Gasteiger partial charge in [0.2, 0.25) is 0 Å². The molecule has 29 heavy (non-hydrogen) atoms. The van der Waals surface area contributed by atoms with Gasteiger partial charge in [-0.3, -0.25) is 4.79 Å². The highest BCUT2D eigenvalue weighted by atomic mass is 32.1. The number of aromatic nitrogens is 1. The first-order chi connectivity index (χ1) is 14.0. The van der Waals surface area contributed by atoms with Gasteiger partial charge in [0.05, 0.1) is 10.2 Å². The topological polar surface area (TPSA) is 72.7 Å². The maximum absolute atomic E-state index is 12.9. The number of fused-ring (bicyclic) bond motifs is 1. The first-order valence-corrected chi connectivity index (χ1v) is 10.4. The van der Waals surface area contributed by atoms with Crippen LogP contribution < -0.4 is 10.1 Å². The van der Waals surface area contributed by atoms with Crippen molar-refractivity contribution in [3.05, 3.63) is 65.0 Å². The number of rotatable bonds is 6. The Morgan fingerprint density at radius 1 is 1.14 bits per heavy atom. The lowest BCUT2D eigenvalue weighted by Gasteiger charge is -2.20. The van der Waals surface area contributed by atoms with Crippen molar-refractivity contribution in [1.29, 1.82) is 0 Å². The monoisotopic (exact) mass is 411 g/mol. The molecule has 6 nitrogen and oxygen atoms in total. The van der Waals surface area contributed by atoms with Crippen molar-refractivity contribution in [3.8, 4) is 0 Å². The van der Waals surface area contributed by atoms with E-state index in [2.05, 4.69) is 10.3 Å². The molecule has 2 atom stereocenters. The molecule has 2 aromatic carbocycles. The zero-order valence-electron chi connectivity index (χ0n) is 16.8. The van der Waals surface area contributed by atoms with E-state index in [1.54, 1.807) is 0 Å². The van der Waals surface area contributed by atoms with E-state index < -0.39 is 12.1 Å². The molecule has 152 valence electrons. The van der Waals surface area contributed by atoms with E-state index in [0.717, 1.165) is 22.2 Å². The Hall–Kier alpha value is -2.93. The van der Waals surface area contributed by atoms with Crippen LogP contribution in [0.2, 0.25) is 0 Å². The molecule has 0 radical (unpaired) electrons. The fraction of sp³-hybridized carbons (Fsp3) is 0.318. The van der Waals surface area contributed by atoms with Gasteiger partial charge in [-0.2, -0.15) is 4.99 Å². The maximum Gasteiger partial charge on any atom is 0.408 e. The molecule has 3 aromatic rings. The molecule has 0 spiro atoms. The number of hydrogen-bond acceptors (Lipinski definition) is 4. The molecule has 2 amide bonds. The highest BCUT2D eigenvalue weighted by molar-refractivity contribution is 7.16. The van der Waals surface area contributed by atoms with E-state index in [1.165, 1.54) is 11.3 Å². The lowest BCUT2D eigenvalue weighted by Crippen LogP contribution is -2.45. The Kier molecular flexibility index (Phi) is 6.82. The summed E-state index contributed by atoms with van der Waals surface area (Å²) in [6.07, 6.45) is 0.104. The smallest absolute Gasteiger partial charge is 0.408 e. The van der Waals surface area contributed by atoms with E-state index in [0.29, 0.717) is 4.80 Å². The van der Waals surface area contributed by atoms with Crippen LogP contribution in [0.25, 0.3) is 10.2 Å². The maximum atomic E-state index is 12.9. The van der Waals surface area contributed by atoms with E-state index in [-0.39, 0.29) is 18.4 Å². The Morgan fingerprint density at radius 3 is 2.52 bits per heavy atom. The molecule has 0 aliphatic heterocycles. The molecule has 0 fully saturated rings. The number of nitrogens with zero attached hydrogens (tertiary/aromatic N) is 2. The SMILES string of the molecule is CC[C@H](C)[C@H](NC(=O)OCc1ccccc1)C(=O)N=c1sc2ccccc2n1C. The molecule has 0 saturated carbocycles. The molecule has 0 saturated heterocycles. The lowest BCUT2D eigenvalue weighted by molar-refractivity contribution is -0.121. The van der Waals surface area contributed by atoms with Gasteiger partial charge in [-0.15, -0.1) is 0 Å². The van der Waals surface area contributed by atoms with Crippen molar-refractivity contribution in [2.45, 2.75) is 32.9 Å². The molecule has 1 aromatic heterocycles. The number of aryl methyl sites for hydroxylation is 1. The standard InChI is InChI=1S/C22H25N3O3S/c1-4-15(2)19(23-22(27)28-14-16-10-6-5-7-11-16)20(26)24-21-25(3)17-12-8-9-13-18(17)29-21/h5-13,15,19H,4,14H2,1-3H3,(H,23,27)/t15-,19-/m0/s1. The fourth-order valence-electron chi connectivity index (χ4n) is 2.93. The summed E-state index contributed by atoms with van der Waals surface area (Å²) in [5, 5.41) is 2.70. The number of benzene rings is 2. The largest absolute Gasteiger partial charge is 0.445 e. The van der Waals surface area contributed by atoms with Crippen LogP contribution in [-0.4, -0.2) is 22.6 Å². The van der Waals surface area contributed by atoms with E-state index in [9.17, 15) is 9.59 Å². The van der Waals surface area contributed by atoms with Crippen LogP contribution in [0.3, 0.4) is 0 Å². The van der Waals surface area contributed by atoms with Crippen LogP contribution in [0.4, 0.5) is 4.79 Å². The van der Waals surface area contributed by atoms with Crippen LogP contribution in [0.1, 0.15) is 25.8 Å². The summed E-state index contributed by atoms with van der Waals surface area (Å²) in [7, 11) is 1.88. The van der Waals surface area contributed by atoms with Crippen molar-refractivity contribution in [2.75, 3.05) is 0 Å². The van der Waals surface area contributed by atoms with Gasteiger partial charge in [-0.25, -0.2) is 4.79 Å². The number of carbonyl (C=O) groups is 2. The van der Waals surface area contributed by atoms with Crippen molar-refractivity contribution in [1.82, 2.24) is 9.88 Å².